The molecule has 0 fully saturated rings. The molecule has 1 heterocycles. The van der Waals surface area contributed by atoms with Gasteiger partial charge in [0.05, 0.1) is 16.7 Å². The average molecular weight is 317 g/mol. The lowest BCUT2D eigenvalue weighted by atomic mass is 9.91. The van der Waals surface area contributed by atoms with E-state index in [2.05, 4.69) is 10.4 Å². The van der Waals surface area contributed by atoms with Gasteiger partial charge in [0.2, 0.25) is 5.91 Å². The van der Waals surface area contributed by atoms with Gasteiger partial charge in [0.1, 0.15) is 5.92 Å². The minimum Gasteiger partial charge on any atom is -0.481 e. The number of carbonyl (C=O) groups excluding carboxylic acids is 1. The van der Waals surface area contributed by atoms with Crippen LogP contribution < -0.4 is 5.32 Å². The first kappa shape index (κ1) is 17.0. The van der Waals surface area contributed by atoms with Crippen LogP contribution in [-0.4, -0.2) is 26.8 Å². The molecule has 0 spiro atoms. The van der Waals surface area contributed by atoms with E-state index in [1.807, 2.05) is 45.2 Å². The van der Waals surface area contributed by atoms with E-state index >= 15 is 0 Å². The summed E-state index contributed by atoms with van der Waals surface area (Å²) >= 11 is 0. The van der Waals surface area contributed by atoms with Crippen molar-refractivity contribution in [1.29, 1.82) is 0 Å². The summed E-state index contributed by atoms with van der Waals surface area (Å²) < 4.78 is 1.76. The number of hydrogen-bond acceptors (Lipinski definition) is 3. The van der Waals surface area contributed by atoms with Gasteiger partial charge >= 0.3 is 5.97 Å². The number of para-hydroxylation sites is 1. The van der Waals surface area contributed by atoms with E-state index in [0.29, 0.717) is 0 Å². The van der Waals surface area contributed by atoms with Crippen molar-refractivity contribution in [3.05, 3.63) is 30.0 Å². The zero-order valence-corrected chi connectivity index (χ0v) is 14.1. The molecule has 0 aliphatic carbocycles. The maximum atomic E-state index is 12.4. The van der Waals surface area contributed by atoms with Gasteiger partial charge in [0.25, 0.3) is 0 Å². The second-order valence-electron chi connectivity index (χ2n) is 6.66. The normalized spacial score (nSPS) is 13.3. The number of nitrogens with one attached hydrogen (secondary N) is 1. The number of amides is 1. The van der Waals surface area contributed by atoms with Gasteiger partial charge in [-0.25, -0.2) is 0 Å². The molecule has 2 aromatic rings. The van der Waals surface area contributed by atoms with Crippen molar-refractivity contribution in [3.8, 4) is 0 Å². The van der Waals surface area contributed by atoms with Crippen LogP contribution >= 0.6 is 0 Å². The van der Waals surface area contributed by atoms with Crippen LogP contribution in [0.5, 0.6) is 0 Å². The smallest absolute Gasteiger partial charge is 0.316 e. The largest absolute Gasteiger partial charge is 0.481 e. The first-order chi connectivity index (χ1) is 10.6. The van der Waals surface area contributed by atoms with Crippen molar-refractivity contribution in [2.75, 3.05) is 0 Å². The number of aliphatic carboxylic acids is 1. The molecule has 0 bridgehead atoms. The lowest BCUT2D eigenvalue weighted by Crippen LogP contribution is -2.47. The van der Waals surface area contributed by atoms with Crippen LogP contribution in [0.1, 0.15) is 33.4 Å². The third-order valence-electron chi connectivity index (χ3n) is 4.00. The molecule has 1 aromatic carbocycles. The molecule has 0 saturated heterocycles. The molecule has 1 amide bonds. The minimum atomic E-state index is -1.11. The van der Waals surface area contributed by atoms with E-state index in [1.165, 1.54) is 0 Å². The van der Waals surface area contributed by atoms with Gasteiger partial charge in [0, 0.05) is 12.4 Å². The molecule has 6 nitrogen and oxygen atoms in total. The van der Waals surface area contributed by atoms with E-state index in [1.54, 1.807) is 18.5 Å². The Kier molecular flexibility index (Phi) is 4.45. The van der Waals surface area contributed by atoms with Crippen molar-refractivity contribution in [2.45, 2.75) is 33.2 Å². The predicted octanol–water partition coefficient (Wildman–Crippen LogP) is 2.28. The molecule has 2 rings (SSSR count). The Morgan fingerprint density at radius 3 is 2.43 bits per heavy atom. The van der Waals surface area contributed by atoms with Crippen LogP contribution in [0.3, 0.4) is 0 Å². The number of hydrogen-bond donors (Lipinski definition) is 2. The highest BCUT2D eigenvalue weighted by atomic mass is 16.4. The van der Waals surface area contributed by atoms with Crippen molar-refractivity contribution < 1.29 is 14.7 Å². The van der Waals surface area contributed by atoms with Gasteiger partial charge in [-0.1, -0.05) is 32.0 Å². The number of rotatable bonds is 5. The van der Waals surface area contributed by atoms with Crippen LogP contribution in [0.25, 0.3) is 10.9 Å². The summed E-state index contributed by atoms with van der Waals surface area (Å²) in [7, 11) is 1.85. The van der Waals surface area contributed by atoms with Gasteiger partial charge < -0.3 is 10.4 Å². The molecule has 2 N–H and O–H groups in total. The number of carbonyl (C=O) groups is 2. The molecule has 0 radical (unpaired) electrons. The summed E-state index contributed by atoms with van der Waals surface area (Å²) in [4.78, 5) is 23.8. The lowest BCUT2D eigenvalue weighted by Gasteiger charge is -2.27. The molecule has 6 heteroatoms. The summed E-state index contributed by atoms with van der Waals surface area (Å²) in [5.41, 5.74) is 0.904. The quantitative estimate of drug-likeness (QED) is 0.829. The Morgan fingerprint density at radius 1 is 1.26 bits per heavy atom. The Balaban J connectivity index is 2.37. The molecule has 0 aliphatic rings. The van der Waals surface area contributed by atoms with Crippen LogP contribution in [0.15, 0.2) is 24.3 Å². The number of carboxylic acid groups (broad SMARTS) is 1. The molecular weight excluding hydrogens is 294 g/mol. The second-order valence-corrected chi connectivity index (χ2v) is 6.66. The Morgan fingerprint density at radius 2 is 1.87 bits per heavy atom. The van der Waals surface area contributed by atoms with Gasteiger partial charge in [-0.15, -0.1) is 0 Å². The van der Waals surface area contributed by atoms with Gasteiger partial charge in [-0.05, 0) is 25.8 Å². The highest BCUT2D eigenvalue weighted by molar-refractivity contribution is 5.97. The summed E-state index contributed by atoms with van der Waals surface area (Å²) in [6.45, 7) is 7.11. The number of fused-ring (bicyclic) bond motifs is 1. The molecule has 1 atom stereocenters. The first-order valence-electron chi connectivity index (χ1n) is 7.62. The third kappa shape index (κ3) is 3.21. The van der Waals surface area contributed by atoms with E-state index in [9.17, 15) is 14.7 Å². The fraction of sp³-hybridized carbons (Fsp3) is 0.471. The Hall–Kier alpha value is -2.37. The van der Waals surface area contributed by atoms with E-state index < -0.39 is 23.3 Å². The van der Waals surface area contributed by atoms with E-state index in [4.69, 9.17) is 0 Å². The van der Waals surface area contributed by atoms with E-state index in [-0.39, 0.29) is 5.92 Å². The number of nitrogens with zero attached hydrogens (tertiary/aromatic N) is 2. The van der Waals surface area contributed by atoms with Gasteiger partial charge in [-0.3, -0.25) is 14.3 Å². The monoisotopic (exact) mass is 317 g/mol. The van der Waals surface area contributed by atoms with Crippen molar-refractivity contribution >= 4 is 22.8 Å². The van der Waals surface area contributed by atoms with Gasteiger partial charge in [-0.2, -0.15) is 5.10 Å². The SMILES string of the molecule is CC(C)C(C(=O)O)C(=O)NC(C)(C)c1nn(C)c2ccccc12. The fourth-order valence-corrected chi connectivity index (χ4v) is 2.82. The Labute approximate surface area is 135 Å². The third-order valence-corrected chi connectivity index (χ3v) is 4.00. The van der Waals surface area contributed by atoms with Crippen LogP contribution in [0, 0.1) is 11.8 Å². The molecule has 1 aromatic heterocycles. The summed E-state index contributed by atoms with van der Waals surface area (Å²) in [5.74, 6) is -2.97. The van der Waals surface area contributed by atoms with Crippen LogP contribution in [0.4, 0.5) is 0 Å². The van der Waals surface area contributed by atoms with E-state index in [0.717, 1.165) is 16.6 Å². The van der Waals surface area contributed by atoms with Gasteiger partial charge in [0.15, 0.2) is 0 Å². The number of carboxylic acids is 1. The van der Waals surface area contributed by atoms with Crippen LogP contribution in [0.2, 0.25) is 0 Å². The standard InChI is InChI=1S/C17H23N3O3/c1-10(2)13(16(22)23)15(21)18-17(3,4)14-11-8-6-7-9-12(11)20(5)19-14/h6-10,13H,1-5H3,(H,18,21)(H,22,23). The van der Waals surface area contributed by atoms with Crippen molar-refractivity contribution in [1.82, 2.24) is 15.1 Å². The molecule has 1 unspecified atom stereocenters. The van der Waals surface area contributed by atoms with Crippen molar-refractivity contribution in [3.63, 3.8) is 0 Å². The topological polar surface area (TPSA) is 84.2 Å². The summed E-state index contributed by atoms with van der Waals surface area (Å²) in [6.07, 6.45) is 0. The molecule has 0 saturated carbocycles. The first-order valence-corrected chi connectivity index (χ1v) is 7.62. The fourth-order valence-electron chi connectivity index (χ4n) is 2.82. The number of benzene rings is 1. The lowest BCUT2D eigenvalue weighted by molar-refractivity contribution is -0.149. The molecule has 23 heavy (non-hydrogen) atoms. The second kappa shape index (κ2) is 6.02. The van der Waals surface area contributed by atoms with Crippen LogP contribution in [-0.2, 0) is 22.2 Å². The minimum absolute atomic E-state index is 0.288. The molecule has 124 valence electrons. The average Bonchev–Trinajstić information content (AvgIpc) is 2.76. The predicted molar refractivity (Wildman–Crippen MR) is 87.8 cm³/mol. The maximum absolute atomic E-state index is 12.4. The zero-order chi connectivity index (χ0) is 17.4. The zero-order valence-electron chi connectivity index (χ0n) is 14.1. The summed E-state index contributed by atoms with van der Waals surface area (Å²) in [5, 5.41) is 17.6. The van der Waals surface area contributed by atoms with Crippen molar-refractivity contribution in [2.24, 2.45) is 18.9 Å². The Bertz CT molecular complexity index is 747. The number of aromatic nitrogens is 2. The highest BCUT2D eigenvalue weighted by Gasteiger charge is 2.35. The number of aryl methyl sites for hydroxylation is 1. The maximum Gasteiger partial charge on any atom is 0.316 e. The highest BCUT2D eigenvalue weighted by Crippen LogP contribution is 2.28. The summed E-state index contributed by atoms with van der Waals surface area (Å²) in [6, 6.07) is 7.75. The molecule has 0 aliphatic heterocycles. The molecular formula is C17H23N3O3.